The minimum atomic E-state index is -1.01. The number of aromatic carboxylic acids is 1. The van der Waals surface area contributed by atoms with Gasteiger partial charge in [-0.2, -0.15) is 0 Å². The molecule has 31 heavy (non-hydrogen) atoms. The zero-order valence-corrected chi connectivity index (χ0v) is 17.7. The molecule has 0 radical (unpaired) electrons. The van der Waals surface area contributed by atoms with Gasteiger partial charge >= 0.3 is 5.97 Å². The Balaban J connectivity index is 1.61. The van der Waals surface area contributed by atoms with Crippen LogP contribution in [0.5, 0.6) is 0 Å². The fourth-order valence-corrected chi connectivity index (χ4v) is 4.32. The molecule has 0 aromatic heterocycles. The second-order valence-electron chi connectivity index (χ2n) is 8.13. The fraction of sp³-hybridized carbons (Fsp3) is 0.348. The van der Waals surface area contributed by atoms with Crippen molar-refractivity contribution in [3.8, 4) is 0 Å². The van der Waals surface area contributed by atoms with E-state index in [0.29, 0.717) is 25.3 Å². The highest BCUT2D eigenvalue weighted by molar-refractivity contribution is 5.99. The number of carboxylic acids is 1. The smallest absolute Gasteiger partial charge is 0.335 e. The van der Waals surface area contributed by atoms with E-state index in [-0.39, 0.29) is 17.4 Å². The lowest BCUT2D eigenvalue weighted by atomic mass is 9.90. The molecule has 2 aromatic rings. The first-order chi connectivity index (χ1) is 14.8. The van der Waals surface area contributed by atoms with Crippen LogP contribution in [-0.2, 0) is 16.0 Å². The van der Waals surface area contributed by atoms with E-state index < -0.39 is 12.0 Å². The van der Waals surface area contributed by atoms with Crippen LogP contribution in [0.2, 0.25) is 0 Å². The third kappa shape index (κ3) is 4.17. The lowest BCUT2D eigenvalue weighted by Gasteiger charge is -2.38. The van der Waals surface area contributed by atoms with Gasteiger partial charge in [-0.25, -0.2) is 4.79 Å². The van der Waals surface area contributed by atoms with Gasteiger partial charge in [-0.05, 0) is 62.0 Å². The molecule has 0 spiro atoms. The maximum Gasteiger partial charge on any atom is 0.335 e. The fourth-order valence-electron chi connectivity index (χ4n) is 4.32. The molecule has 162 valence electrons. The molecule has 4 rings (SSSR count). The van der Waals surface area contributed by atoms with Crippen molar-refractivity contribution in [2.75, 3.05) is 50.5 Å². The molecule has 2 aliphatic rings. The summed E-state index contributed by atoms with van der Waals surface area (Å²) in [6.07, 6.45) is 0.763. The van der Waals surface area contributed by atoms with Crippen molar-refractivity contribution >= 4 is 29.2 Å². The van der Waals surface area contributed by atoms with Gasteiger partial charge in [-0.3, -0.25) is 19.4 Å². The van der Waals surface area contributed by atoms with E-state index in [1.54, 1.807) is 12.1 Å². The Morgan fingerprint density at radius 2 is 1.77 bits per heavy atom. The number of anilines is 2. The Morgan fingerprint density at radius 3 is 2.45 bits per heavy atom. The van der Waals surface area contributed by atoms with E-state index in [9.17, 15) is 14.4 Å². The van der Waals surface area contributed by atoms with Crippen LogP contribution in [0, 0.1) is 0 Å². The average Bonchev–Trinajstić information content (AvgIpc) is 2.73. The highest BCUT2D eigenvalue weighted by atomic mass is 16.4. The summed E-state index contributed by atoms with van der Waals surface area (Å²) in [6, 6.07) is 11.4. The molecule has 0 saturated carbocycles. The number of carbonyl (C=O) groups is 3. The normalized spacial score (nSPS) is 19.7. The predicted molar refractivity (Wildman–Crippen MR) is 117 cm³/mol. The van der Waals surface area contributed by atoms with Crippen LogP contribution in [0.4, 0.5) is 11.4 Å². The maximum absolute atomic E-state index is 13.2. The third-order valence-corrected chi connectivity index (χ3v) is 5.99. The van der Waals surface area contributed by atoms with Crippen molar-refractivity contribution in [2.24, 2.45) is 0 Å². The molecular weight excluding hydrogens is 396 g/mol. The standard InChI is InChI=1S/C23H26N4O4/c1-25-12-13-27(20(28)14-25)19-5-3-4-18-17(19)10-11-26(2)21(18)22(29)24-16-8-6-15(7-9-16)23(30)31/h3-9,21H,10-14H2,1-2H3,(H,24,29)(H,30,31). The Kier molecular flexibility index (Phi) is 5.75. The molecule has 2 aliphatic heterocycles. The molecule has 8 heteroatoms. The number of hydrogen-bond acceptors (Lipinski definition) is 5. The summed E-state index contributed by atoms with van der Waals surface area (Å²) >= 11 is 0. The monoisotopic (exact) mass is 422 g/mol. The Bertz CT molecular complexity index is 1020. The number of likely N-dealkylation sites (N-methyl/N-ethyl adjacent to an activating group) is 2. The van der Waals surface area contributed by atoms with E-state index in [4.69, 9.17) is 5.11 Å². The summed E-state index contributed by atoms with van der Waals surface area (Å²) in [7, 11) is 3.85. The van der Waals surface area contributed by atoms with Gasteiger partial charge in [0.05, 0.1) is 12.1 Å². The molecule has 1 unspecified atom stereocenters. The molecule has 0 aliphatic carbocycles. The third-order valence-electron chi connectivity index (χ3n) is 5.99. The van der Waals surface area contributed by atoms with Gasteiger partial charge in [0.1, 0.15) is 6.04 Å². The van der Waals surface area contributed by atoms with Crippen molar-refractivity contribution in [3.05, 3.63) is 59.2 Å². The van der Waals surface area contributed by atoms with Gasteiger partial charge in [0.25, 0.3) is 0 Å². The van der Waals surface area contributed by atoms with Gasteiger partial charge in [-0.15, -0.1) is 0 Å². The lowest BCUT2D eigenvalue weighted by Crippen LogP contribution is -2.49. The summed E-state index contributed by atoms with van der Waals surface area (Å²) < 4.78 is 0. The number of amides is 2. The van der Waals surface area contributed by atoms with Crippen LogP contribution in [0.25, 0.3) is 0 Å². The van der Waals surface area contributed by atoms with E-state index in [1.165, 1.54) is 12.1 Å². The topological polar surface area (TPSA) is 93.2 Å². The molecule has 2 amide bonds. The number of nitrogens with zero attached hydrogens (tertiary/aromatic N) is 3. The number of carboxylic acid groups (broad SMARTS) is 1. The average molecular weight is 422 g/mol. The Hall–Kier alpha value is -3.23. The predicted octanol–water partition coefficient (Wildman–Crippen LogP) is 1.83. The number of hydrogen-bond donors (Lipinski definition) is 2. The van der Waals surface area contributed by atoms with Crippen LogP contribution >= 0.6 is 0 Å². The second-order valence-corrected chi connectivity index (χ2v) is 8.13. The van der Waals surface area contributed by atoms with Crippen molar-refractivity contribution in [3.63, 3.8) is 0 Å². The molecule has 2 N–H and O–H groups in total. The van der Waals surface area contributed by atoms with Crippen molar-refractivity contribution in [2.45, 2.75) is 12.5 Å². The molecule has 0 bridgehead atoms. The second kappa shape index (κ2) is 8.49. The number of fused-ring (bicyclic) bond motifs is 1. The quantitative estimate of drug-likeness (QED) is 0.781. The summed E-state index contributed by atoms with van der Waals surface area (Å²) in [5, 5.41) is 11.9. The number of benzene rings is 2. The van der Waals surface area contributed by atoms with Gasteiger partial charge < -0.3 is 15.3 Å². The van der Waals surface area contributed by atoms with E-state index in [2.05, 4.69) is 5.32 Å². The minimum absolute atomic E-state index is 0.0700. The molecular formula is C23H26N4O4. The van der Waals surface area contributed by atoms with E-state index >= 15 is 0 Å². The number of carbonyl (C=O) groups excluding carboxylic acids is 2. The first-order valence-corrected chi connectivity index (χ1v) is 10.3. The molecule has 1 fully saturated rings. The zero-order valence-electron chi connectivity index (χ0n) is 17.7. The Labute approximate surface area is 181 Å². The minimum Gasteiger partial charge on any atom is -0.478 e. The van der Waals surface area contributed by atoms with Gasteiger partial charge in [0.2, 0.25) is 11.8 Å². The molecule has 1 atom stereocenters. The first-order valence-electron chi connectivity index (χ1n) is 10.3. The van der Waals surface area contributed by atoms with Crippen LogP contribution in [0.15, 0.2) is 42.5 Å². The van der Waals surface area contributed by atoms with Crippen LogP contribution in [0.3, 0.4) is 0 Å². The number of rotatable bonds is 4. The van der Waals surface area contributed by atoms with Crippen molar-refractivity contribution in [1.82, 2.24) is 9.80 Å². The summed E-state index contributed by atoms with van der Waals surface area (Å²) in [6.45, 7) is 2.53. The molecule has 1 saturated heterocycles. The van der Waals surface area contributed by atoms with Crippen LogP contribution in [0.1, 0.15) is 27.5 Å². The lowest BCUT2D eigenvalue weighted by molar-refractivity contribution is -0.121. The van der Waals surface area contributed by atoms with Gasteiger partial charge in [0.15, 0.2) is 0 Å². The van der Waals surface area contributed by atoms with Crippen molar-refractivity contribution < 1.29 is 19.5 Å². The van der Waals surface area contributed by atoms with E-state index in [1.807, 2.05) is 47.0 Å². The summed E-state index contributed by atoms with van der Waals surface area (Å²) in [5.41, 5.74) is 3.55. The summed E-state index contributed by atoms with van der Waals surface area (Å²) in [5.74, 6) is -1.13. The highest BCUT2D eigenvalue weighted by Crippen LogP contribution is 2.36. The first kappa shape index (κ1) is 21.0. The maximum atomic E-state index is 13.2. The van der Waals surface area contributed by atoms with Gasteiger partial charge in [-0.1, -0.05) is 12.1 Å². The highest BCUT2D eigenvalue weighted by Gasteiger charge is 2.34. The van der Waals surface area contributed by atoms with Crippen molar-refractivity contribution in [1.29, 1.82) is 0 Å². The Morgan fingerprint density at radius 1 is 1.03 bits per heavy atom. The largest absolute Gasteiger partial charge is 0.478 e. The molecule has 2 aromatic carbocycles. The number of nitrogens with one attached hydrogen (secondary N) is 1. The van der Waals surface area contributed by atoms with Gasteiger partial charge in [0, 0.05) is 31.0 Å². The van der Waals surface area contributed by atoms with Crippen LogP contribution < -0.4 is 10.2 Å². The van der Waals surface area contributed by atoms with Crippen LogP contribution in [-0.4, -0.2) is 73.0 Å². The SMILES string of the molecule is CN1CCN(c2cccc3c2CCN(C)C3C(=O)Nc2ccc(C(=O)O)cc2)C(=O)C1. The molecule has 2 heterocycles. The molecule has 8 nitrogen and oxygen atoms in total. The summed E-state index contributed by atoms with van der Waals surface area (Å²) in [4.78, 5) is 42.7. The number of piperazine rings is 1. The zero-order chi connectivity index (χ0) is 22.1. The van der Waals surface area contributed by atoms with E-state index in [0.717, 1.165) is 29.8 Å².